The number of thiazole rings is 1. The van der Waals surface area contributed by atoms with Crippen molar-refractivity contribution in [2.45, 2.75) is 19.2 Å². The molecule has 0 radical (unpaired) electrons. The largest absolute Gasteiger partial charge is 0.321 e. The molecule has 0 aliphatic heterocycles. The van der Waals surface area contributed by atoms with Crippen LogP contribution in [-0.2, 0) is 0 Å². The molecule has 2 rings (SSSR count). The summed E-state index contributed by atoms with van der Waals surface area (Å²) in [6.07, 6.45) is 1.59. The number of aromatic nitrogens is 1. The summed E-state index contributed by atoms with van der Waals surface area (Å²) in [7, 11) is 0. The van der Waals surface area contributed by atoms with Crippen LogP contribution >= 0.6 is 22.9 Å². The summed E-state index contributed by atoms with van der Waals surface area (Å²) in [5, 5.41) is 3.59. The molecule has 1 heterocycles. The Morgan fingerprint density at radius 3 is 2.78 bits per heavy atom. The summed E-state index contributed by atoms with van der Waals surface area (Å²) in [6.45, 7) is 3.75. The van der Waals surface area contributed by atoms with Gasteiger partial charge in [0, 0.05) is 5.69 Å². The smallest absolute Gasteiger partial charge is 0.267 e. The number of halogens is 1. The third kappa shape index (κ3) is 2.89. The van der Waals surface area contributed by atoms with Crippen molar-refractivity contribution in [1.82, 2.24) is 4.98 Å². The topological polar surface area (TPSA) is 42.0 Å². The maximum Gasteiger partial charge on any atom is 0.267 e. The van der Waals surface area contributed by atoms with Crippen LogP contribution in [0.25, 0.3) is 0 Å². The molecule has 1 amide bonds. The lowest BCUT2D eigenvalue weighted by molar-refractivity contribution is 0.103. The number of hydrogen-bond donors (Lipinski definition) is 1. The zero-order valence-corrected chi connectivity index (χ0v) is 11.7. The van der Waals surface area contributed by atoms with Gasteiger partial charge < -0.3 is 5.32 Å². The van der Waals surface area contributed by atoms with E-state index in [4.69, 9.17) is 11.6 Å². The van der Waals surface area contributed by atoms with Crippen molar-refractivity contribution in [2.24, 2.45) is 0 Å². The fourth-order valence-corrected chi connectivity index (χ4v) is 2.47. The lowest BCUT2D eigenvalue weighted by atomic mass is 10.1. The van der Waals surface area contributed by atoms with Crippen LogP contribution in [0.15, 0.2) is 30.5 Å². The highest BCUT2D eigenvalue weighted by atomic mass is 35.5. The number of anilines is 1. The first kappa shape index (κ1) is 13.1. The molecular formula is C13H13ClN2OS. The van der Waals surface area contributed by atoms with Gasteiger partial charge in [-0.25, -0.2) is 4.98 Å². The average Bonchev–Trinajstić information content (AvgIpc) is 2.76. The first-order chi connectivity index (χ1) is 8.58. The second-order valence-electron chi connectivity index (χ2n) is 3.90. The molecule has 0 spiro atoms. The molecule has 0 bridgehead atoms. The summed E-state index contributed by atoms with van der Waals surface area (Å²) in [4.78, 5) is 16.7. The second-order valence-corrected chi connectivity index (χ2v) is 5.79. The number of benzene rings is 1. The van der Waals surface area contributed by atoms with Gasteiger partial charge in [0.15, 0.2) is 0 Å². The van der Waals surface area contributed by atoms with Crippen molar-refractivity contribution in [1.29, 1.82) is 0 Å². The molecule has 0 fully saturated rings. The number of alkyl halides is 1. The van der Waals surface area contributed by atoms with E-state index in [0.29, 0.717) is 4.88 Å². The molecule has 0 aliphatic carbocycles. The number of carbonyl (C=O) groups is 1. The average molecular weight is 281 g/mol. The molecular weight excluding hydrogens is 268 g/mol. The minimum Gasteiger partial charge on any atom is -0.321 e. The Morgan fingerprint density at radius 2 is 2.17 bits per heavy atom. The van der Waals surface area contributed by atoms with E-state index < -0.39 is 0 Å². The first-order valence-electron chi connectivity index (χ1n) is 5.54. The molecule has 1 N–H and O–H groups in total. The number of nitrogens with zero attached hydrogens (tertiary/aromatic N) is 1. The van der Waals surface area contributed by atoms with Crippen LogP contribution < -0.4 is 5.32 Å². The molecule has 1 atom stereocenters. The SMILES string of the molecule is Cc1ncc(C(=O)Nc2ccccc2C(C)Cl)s1. The highest BCUT2D eigenvalue weighted by Gasteiger charge is 2.13. The predicted octanol–water partition coefficient (Wildman–Crippen LogP) is 4.00. The Labute approximate surface area is 115 Å². The van der Waals surface area contributed by atoms with Gasteiger partial charge in [-0.1, -0.05) is 18.2 Å². The Hall–Kier alpha value is -1.39. The molecule has 2 aromatic rings. The van der Waals surface area contributed by atoms with E-state index in [1.54, 1.807) is 6.20 Å². The minimum absolute atomic E-state index is 0.148. The van der Waals surface area contributed by atoms with Gasteiger partial charge in [-0.05, 0) is 25.5 Å². The van der Waals surface area contributed by atoms with Gasteiger partial charge in [0.2, 0.25) is 0 Å². The fraction of sp³-hybridized carbons (Fsp3) is 0.231. The van der Waals surface area contributed by atoms with Crippen molar-refractivity contribution in [3.05, 3.63) is 45.9 Å². The number of carbonyl (C=O) groups excluding carboxylic acids is 1. The number of nitrogens with one attached hydrogen (secondary N) is 1. The van der Waals surface area contributed by atoms with Gasteiger partial charge in [0.1, 0.15) is 4.88 Å². The van der Waals surface area contributed by atoms with Crippen LogP contribution in [0.5, 0.6) is 0 Å². The van der Waals surface area contributed by atoms with E-state index in [9.17, 15) is 4.79 Å². The molecule has 0 saturated carbocycles. The van der Waals surface area contributed by atoms with Crippen molar-refractivity contribution in [2.75, 3.05) is 5.32 Å². The molecule has 0 aliphatic rings. The Bertz CT molecular complexity index is 566. The van der Waals surface area contributed by atoms with Crippen LogP contribution in [0.4, 0.5) is 5.69 Å². The van der Waals surface area contributed by atoms with Gasteiger partial charge in [-0.3, -0.25) is 4.79 Å². The van der Waals surface area contributed by atoms with Crippen molar-refractivity contribution >= 4 is 34.5 Å². The van der Waals surface area contributed by atoms with Crippen LogP contribution in [0.1, 0.15) is 32.5 Å². The zero-order chi connectivity index (χ0) is 13.1. The lowest BCUT2D eigenvalue weighted by Crippen LogP contribution is -2.11. The quantitative estimate of drug-likeness (QED) is 0.864. The molecule has 0 saturated heterocycles. The van der Waals surface area contributed by atoms with Crippen LogP contribution in [0.3, 0.4) is 0 Å². The number of hydrogen-bond acceptors (Lipinski definition) is 3. The first-order valence-corrected chi connectivity index (χ1v) is 6.80. The van der Waals surface area contributed by atoms with Crippen LogP contribution in [-0.4, -0.2) is 10.9 Å². The number of rotatable bonds is 3. The summed E-state index contributed by atoms with van der Waals surface area (Å²) in [6, 6.07) is 7.53. The van der Waals surface area contributed by atoms with Gasteiger partial charge >= 0.3 is 0 Å². The Kier molecular flexibility index (Phi) is 3.99. The summed E-state index contributed by atoms with van der Waals surface area (Å²) >= 11 is 7.45. The van der Waals surface area contributed by atoms with Crippen molar-refractivity contribution in [3.8, 4) is 0 Å². The summed E-state index contributed by atoms with van der Waals surface area (Å²) < 4.78 is 0. The van der Waals surface area contributed by atoms with E-state index in [1.165, 1.54) is 11.3 Å². The predicted molar refractivity (Wildman–Crippen MR) is 75.5 cm³/mol. The lowest BCUT2D eigenvalue weighted by Gasteiger charge is -2.11. The molecule has 18 heavy (non-hydrogen) atoms. The van der Waals surface area contributed by atoms with E-state index in [1.807, 2.05) is 38.1 Å². The molecule has 1 aromatic carbocycles. The number of para-hydroxylation sites is 1. The Balaban J connectivity index is 2.22. The third-order valence-corrected chi connectivity index (χ3v) is 3.63. The Morgan fingerprint density at radius 1 is 1.44 bits per heavy atom. The van der Waals surface area contributed by atoms with E-state index in [0.717, 1.165) is 16.3 Å². The maximum absolute atomic E-state index is 12.0. The van der Waals surface area contributed by atoms with E-state index in [2.05, 4.69) is 10.3 Å². The third-order valence-electron chi connectivity index (χ3n) is 2.48. The molecule has 94 valence electrons. The summed E-state index contributed by atoms with van der Waals surface area (Å²) in [5.74, 6) is -0.148. The van der Waals surface area contributed by atoms with Crippen LogP contribution in [0, 0.1) is 6.92 Å². The van der Waals surface area contributed by atoms with Crippen molar-refractivity contribution in [3.63, 3.8) is 0 Å². The van der Waals surface area contributed by atoms with Gasteiger partial charge in [-0.15, -0.1) is 22.9 Å². The van der Waals surface area contributed by atoms with Crippen molar-refractivity contribution < 1.29 is 4.79 Å². The molecule has 1 aromatic heterocycles. The van der Waals surface area contributed by atoms with Gasteiger partial charge in [0.25, 0.3) is 5.91 Å². The number of aryl methyl sites for hydroxylation is 1. The summed E-state index contributed by atoms with van der Waals surface area (Å²) in [5.41, 5.74) is 1.66. The monoisotopic (exact) mass is 280 g/mol. The highest BCUT2D eigenvalue weighted by molar-refractivity contribution is 7.13. The fourth-order valence-electron chi connectivity index (χ4n) is 1.61. The second kappa shape index (κ2) is 5.50. The van der Waals surface area contributed by atoms with Crippen LogP contribution in [0.2, 0.25) is 0 Å². The minimum atomic E-state index is -0.148. The van der Waals surface area contributed by atoms with Gasteiger partial charge in [0.05, 0.1) is 16.6 Å². The molecule has 5 heteroatoms. The molecule has 3 nitrogen and oxygen atoms in total. The normalized spacial score (nSPS) is 12.2. The van der Waals surface area contributed by atoms with E-state index in [-0.39, 0.29) is 11.3 Å². The standard InChI is InChI=1S/C13H13ClN2OS/c1-8(14)10-5-3-4-6-11(10)16-13(17)12-7-15-9(2)18-12/h3-8H,1-2H3,(H,16,17). The number of amides is 1. The highest BCUT2D eigenvalue weighted by Crippen LogP contribution is 2.27. The zero-order valence-electron chi connectivity index (χ0n) is 10.1. The van der Waals surface area contributed by atoms with E-state index >= 15 is 0 Å². The molecule has 1 unspecified atom stereocenters. The maximum atomic E-state index is 12.0. The van der Waals surface area contributed by atoms with Gasteiger partial charge in [-0.2, -0.15) is 0 Å².